The molecule has 0 aliphatic carbocycles. The summed E-state index contributed by atoms with van der Waals surface area (Å²) in [5, 5.41) is 14.8. The molecule has 4 aromatic rings. The number of nitrogens with one attached hydrogen (secondary N) is 3. The average Bonchev–Trinajstić information content (AvgIpc) is 3.44. The second-order valence-electron chi connectivity index (χ2n) is 8.72. The van der Waals surface area contributed by atoms with E-state index in [2.05, 4.69) is 46.2 Å². The van der Waals surface area contributed by atoms with Crippen LogP contribution >= 0.6 is 0 Å². The zero-order valence-corrected chi connectivity index (χ0v) is 21.0. The number of hydrogen-bond acceptors (Lipinski definition) is 9. The summed E-state index contributed by atoms with van der Waals surface area (Å²) in [4.78, 5) is -0.153. The topological polar surface area (TPSA) is 141 Å². The van der Waals surface area contributed by atoms with Gasteiger partial charge in [-0.3, -0.25) is 9.82 Å². The molecule has 0 saturated heterocycles. The van der Waals surface area contributed by atoms with Crippen LogP contribution in [0.15, 0.2) is 45.8 Å². The summed E-state index contributed by atoms with van der Waals surface area (Å²) in [6.45, 7) is 6.23. The number of anilines is 3. The zero-order valence-electron chi connectivity index (χ0n) is 20.2. The van der Waals surface area contributed by atoms with Crippen molar-refractivity contribution in [2.75, 3.05) is 31.4 Å². The van der Waals surface area contributed by atoms with Crippen LogP contribution in [0.4, 0.5) is 17.3 Å². The molecule has 0 amide bonds. The molecule has 35 heavy (non-hydrogen) atoms. The Hall–Kier alpha value is -3.93. The molecule has 2 aromatic heterocycles. The highest BCUT2D eigenvalue weighted by Gasteiger charge is 2.27. The van der Waals surface area contributed by atoms with Gasteiger partial charge in [-0.15, -0.1) is 0 Å². The smallest absolute Gasteiger partial charge is 0.270 e. The molecule has 0 saturated carbocycles. The highest BCUT2D eigenvalue weighted by Crippen LogP contribution is 2.38. The van der Waals surface area contributed by atoms with Gasteiger partial charge in [-0.1, -0.05) is 32.0 Å². The SMILES string of the molecule is COc1cc2c(NS(=O)(=O)c3c(OC)cccc3OC)noc2cc1Nc1cc(C(C)(C)C)[nH]n1. The molecular formula is C23H27N5O6S. The van der Waals surface area contributed by atoms with Crippen molar-refractivity contribution in [3.63, 3.8) is 0 Å². The van der Waals surface area contributed by atoms with Gasteiger partial charge in [0.05, 0.1) is 32.4 Å². The summed E-state index contributed by atoms with van der Waals surface area (Å²) in [7, 11) is 0.121. The molecule has 0 radical (unpaired) electrons. The second kappa shape index (κ2) is 9.02. The maximum Gasteiger partial charge on any atom is 0.270 e. The molecule has 0 unspecified atom stereocenters. The van der Waals surface area contributed by atoms with Crippen molar-refractivity contribution >= 4 is 38.3 Å². The number of methoxy groups -OCH3 is 3. The van der Waals surface area contributed by atoms with Crippen LogP contribution in [0.2, 0.25) is 0 Å². The Morgan fingerprint density at radius 2 is 1.63 bits per heavy atom. The van der Waals surface area contributed by atoms with Crippen molar-refractivity contribution in [3.8, 4) is 17.2 Å². The van der Waals surface area contributed by atoms with Crippen molar-refractivity contribution in [3.05, 3.63) is 42.1 Å². The van der Waals surface area contributed by atoms with E-state index in [1.807, 2.05) is 6.07 Å². The fourth-order valence-corrected chi connectivity index (χ4v) is 4.81. The molecule has 11 nitrogen and oxygen atoms in total. The van der Waals surface area contributed by atoms with E-state index in [1.54, 1.807) is 18.2 Å². The van der Waals surface area contributed by atoms with Crippen molar-refractivity contribution < 1.29 is 27.2 Å². The minimum atomic E-state index is -4.14. The molecule has 0 atom stereocenters. The van der Waals surface area contributed by atoms with Crippen LogP contribution in [0.1, 0.15) is 26.5 Å². The number of rotatable bonds is 8. The van der Waals surface area contributed by atoms with E-state index in [1.165, 1.54) is 33.5 Å². The molecule has 2 heterocycles. The summed E-state index contributed by atoms with van der Waals surface area (Å²) >= 11 is 0. The van der Waals surface area contributed by atoms with Gasteiger partial charge in [0.1, 0.15) is 17.2 Å². The van der Waals surface area contributed by atoms with E-state index in [-0.39, 0.29) is 27.6 Å². The Kier molecular flexibility index (Phi) is 6.24. The molecule has 0 bridgehead atoms. The molecule has 3 N–H and O–H groups in total. The van der Waals surface area contributed by atoms with Crippen LogP contribution in [0, 0.1) is 0 Å². The number of benzene rings is 2. The zero-order chi connectivity index (χ0) is 25.4. The molecule has 186 valence electrons. The first-order valence-electron chi connectivity index (χ1n) is 10.6. The molecule has 0 fully saturated rings. The number of nitrogens with zero attached hydrogens (tertiary/aromatic N) is 2. The standard InChI is InChI=1S/C23H27N5O6S/c1-23(2,3)19-12-20(26-25-19)24-14-11-17-13(10-18(14)33-6)22(27-34-17)28-35(29,30)21-15(31-4)8-7-9-16(21)32-5/h7-12H,1-6H3,(H,27,28)(H2,24,25,26). The third kappa shape index (κ3) is 4.69. The van der Waals surface area contributed by atoms with Crippen molar-refractivity contribution in [2.45, 2.75) is 31.1 Å². The summed E-state index contributed by atoms with van der Waals surface area (Å²) in [6.07, 6.45) is 0. The van der Waals surface area contributed by atoms with Gasteiger partial charge in [0, 0.05) is 23.2 Å². The molecule has 0 spiro atoms. The molecule has 12 heteroatoms. The van der Waals surface area contributed by atoms with Crippen LogP contribution in [0.5, 0.6) is 17.2 Å². The van der Waals surface area contributed by atoms with E-state index in [4.69, 9.17) is 18.7 Å². The number of H-pyrrole nitrogens is 1. The minimum absolute atomic E-state index is 0.00685. The van der Waals surface area contributed by atoms with Gasteiger partial charge < -0.3 is 24.1 Å². The predicted molar refractivity (Wildman–Crippen MR) is 131 cm³/mol. The number of sulfonamides is 1. The Bertz CT molecular complexity index is 1450. The lowest BCUT2D eigenvalue weighted by Gasteiger charge is -2.14. The third-order valence-electron chi connectivity index (χ3n) is 5.32. The lowest BCUT2D eigenvalue weighted by Crippen LogP contribution is -2.15. The summed E-state index contributed by atoms with van der Waals surface area (Å²) < 4.78 is 50.4. The number of ether oxygens (including phenoxy) is 3. The van der Waals surface area contributed by atoms with Gasteiger partial charge in [0.25, 0.3) is 10.0 Å². The van der Waals surface area contributed by atoms with E-state index in [0.29, 0.717) is 28.2 Å². The Morgan fingerprint density at radius 3 is 2.20 bits per heavy atom. The number of fused-ring (bicyclic) bond motifs is 1. The first-order valence-corrected chi connectivity index (χ1v) is 12.1. The molecule has 0 aliphatic rings. The summed E-state index contributed by atoms with van der Waals surface area (Å²) in [6, 6.07) is 9.88. The van der Waals surface area contributed by atoms with Gasteiger partial charge in [-0.25, -0.2) is 8.42 Å². The maximum absolute atomic E-state index is 13.2. The van der Waals surface area contributed by atoms with Gasteiger partial charge in [0.15, 0.2) is 22.1 Å². The Balaban J connectivity index is 1.70. The van der Waals surface area contributed by atoms with E-state index >= 15 is 0 Å². The van der Waals surface area contributed by atoms with Crippen LogP contribution in [-0.4, -0.2) is 45.1 Å². The molecule has 4 rings (SSSR count). The van der Waals surface area contributed by atoms with Crippen LogP contribution < -0.4 is 24.2 Å². The van der Waals surface area contributed by atoms with Gasteiger partial charge in [0.2, 0.25) is 0 Å². The highest BCUT2D eigenvalue weighted by molar-refractivity contribution is 7.93. The first-order chi connectivity index (χ1) is 16.6. The van der Waals surface area contributed by atoms with Crippen LogP contribution in [0.25, 0.3) is 11.0 Å². The third-order valence-corrected chi connectivity index (χ3v) is 6.72. The molecule has 2 aromatic carbocycles. The fraction of sp³-hybridized carbons (Fsp3) is 0.304. The Morgan fingerprint density at radius 1 is 0.971 bits per heavy atom. The Labute approximate surface area is 202 Å². The first kappa shape index (κ1) is 24.2. The van der Waals surface area contributed by atoms with Crippen molar-refractivity contribution in [1.29, 1.82) is 0 Å². The van der Waals surface area contributed by atoms with Crippen molar-refractivity contribution in [1.82, 2.24) is 15.4 Å². The van der Waals surface area contributed by atoms with E-state index < -0.39 is 10.0 Å². The average molecular weight is 502 g/mol. The monoisotopic (exact) mass is 501 g/mol. The molecule has 0 aliphatic heterocycles. The predicted octanol–water partition coefficient (Wildman–Crippen LogP) is 4.42. The van der Waals surface area contributed by atoms with Crippen molar-refractivity contribution in [2.24, 2.45) is 0 Å². The lowest BCUT2D eigenvalue weighted by atomic mass is 9.92. The van der Waals surface area contributed by atoms with Crippen LogP contribution in [-0.2, 0) is 15.4 Å². The number of aromatic amines is 1. The lowest BCUT2D eigenvalue weighted by molar-refractivity contribution is 0.373. The largest absolute Gasteiger partial charge is 0.495 e. The van der Waals surface area contributed by atoms with Gasteiger partial charge in [-0.05, 0) is 18.2 Å². The summed E-state index contributed by atoms with van der Waals surface area (Å²) in [5.74, 6) is 1.28. The second-order valence-corrected chi connectivity index (χ2v) is 10.3. The summed E-state index contributed by atoms with van der Waals surface area (Å²) in [5.41, 5.74) is 1.78. The van der Waals surface area contributed by atoms with E-state index in [9.17, 15) is 8.42 Å². The highest BCUT2D eigenvalue weighted by atomic mass is 32.2. The van der Waals surface area contributed by atoms with Gasteiger partial charge >= 0.3 is 0 Å². The molecular weight excluding hydrogens is 474 g/mol. The van der Waals surface area contributed by atoms with Gasteiger partial charge in [-0.2, -0.15) is 5.10 Å². The number of aromatic nitrogens is 3. The number of hydrogen-bond donors (Lipinski definition) is 3. The van der Waals surface area contributed by atoms with Crippen LogP contribution in [0.3, 0.4) is 0 Å². The minimum Gasteiger partial charge on any atom is -0.495 e. The fourth-order valence-electron chi connectivity index (χ4n) is 3.47. The quantitative estimate of drug-likeness (QED) is 0.320. The normalized spacial score (nSPS) is 11.9. The van der Waals surface area contributed by atoms with E-state index in [0.717, 1.165) is 5.69 Å². The maximum atomic E-state index is 13.2.